The van der Waals surface area contributed by atoms with Gasteiger partial charge in [-0.1, -0.05) is 263 Å². The molecule has 0 spiro atoms. The summed E-state index contributed by atoms with van der Waals surface area (Å²) in [7, 11) is 1.48. The third-order valence-corrected chi connectivity index (χ3v) is 21.5. The van der Waals surface area contributed by atoms with E-state index in [-0.39, 0.29) is 35.3 Å². The molecule has 0 heterocycles. The number of carbonyl (C=O) groups excluding carboxylic acids is 3. The highest BCUT2D eigenvalue weighted by Gasteiger charge is 2.50. The third-order valence-electron chi connectivity index (χ3n) is 16.5. The zero-order valence-corrected chi connectivity index (χ0v) is 52.6. The molecule has 2 aromatic carbocycles. The molecule has 0 saturated carbocycles. The maximum atomic E-state index is 13.4. The quantitative estimate of drug-likeness (QED) is 0.0371. The first-order valence-electron chi connectivity index (χ1n) is 32.4. The number of nitrogens with zero attached hydrogens (tertiary/aromatic N) is 2. The molecule has 0 fully saturated rings. The van der Waals surface area contributed by atoms with Gasteiger partial charge in [-0.3, -0.25) is 14.4 Å². The molecule has 0 radical (unpaired) electrons. The second-order valence-electron chi connectivity index (χ2n) is 24.3. The van der Waals surface area contributed by atoms with Crippen LogP contribution in [-0.4, -0.2) is 89.0 Å². The smallest absolute Gasteiger partial charge is 0.325 e. The van der Waals surface area contributed by atoms with Crippen molar-refractivity contribution >= 4 is 36.5 Å². The minimum Gasteiger partial charge on any atom is -0.465 e. The second-order valence-corrected chi connectivity index (χ2v) is 28.6. The first-order chi connectivity index (χ1) is 37.3. The first-order valence-corrected chi connectivity index (χ1v) is 34.3. The van der Waals surface area contributed by atoms with Gasteiger partial charge in [0.05, 0.1) is 19.1 Å². The van der Waals surface area contributed by atoms with Crippen LogP contribution in [0.25, 0.3) is 0 Å². The topological polar surface area (TPSA) is 85.4 Å². The summed E-state index contributed by atoms with van der Waals surface area (Å²) in [6.07, 6.45) is 39.6. The summed E-state index contributed by atoms with van der Waals surface area (Å²) in [6, 6.07) is 22.3. The highest BCUT2D eigenvalue weighted by Crippen LogP contribution is 2.37. The van der Waals surface area contributed by atoms with Gasteiger partial charge in [0.15, 0.2) is 0 Å². The van der Waals surface area contributed by atoms with Crippen LogP contribution in [0.3, 0.4) is 0 Å². The number of likely N-dealkylation sites (N-methyl/N-ethyl adjacent to an activating group) is 1. The number of hydrogen-bond donors (Lipinski definition) is 0. The van der Waals surface area contributed by atoms with Gasteiger partial charge < -0.3 is 23.7 Å². The number of unbranched alkanes of at least 4 members (excludes halogenated alkanes) is 21. The van der Waals surface area contributed by atoms with E-state index < -0.39 is 8.32 Å². The van der Waals surface area contributed by atoms with Crippen molar-refractivity contribution < 1.29 is 28.3 Å². The molecule has 9 heteroatoms. The molecule has 77 heavy (non-hydrogen) atoms. The monoisotopic (exact) mass is 1090 g/mol. The molecule has 0 saturated heterocycles. The normalized spacial score (nSPS) is 13.2. The Morgan fingerprint density at radius 3 is 1.36 bits per heavy atom. The van der Waals surface area contributed by atoms with Crippen LogP contribution in [0.2, 0.25) is 5.04 Å². The van der Waals surface area contributed by atoms with Gasteiger partial charge in [-0.15, -0.1) is 0 Å². The van der Waals surface area contributed by atoms with Crippen LogP contribution in [0.4, 0.5) is 0 Å². The number of benzene rings is 2. The maximum absolute atomic E-state index is 13.4. The minimum absolute atomic E-state index is 0.0201. The van der Waals surface area contributed by atoms with Gasteiger partial charge in [-0.05, 0) is 99.1 Å². The largest absolute Gasteiger partial charge is 0.465 e. The van der Waals surface area contributed by atoms with E-state index in [1.54, 1.807) is 11.9 Å². The van der Waals surface area contributed by atoms with Gasteiger partial charge in [0.1, 0.15) is 6.54 Å². The van der Waals surface area contributed by atoms with E-state index in [0.29, 0.717) is 31.6 Å². The number of carbonyl (C=O) groups is 3. The zero-order valence-electron chi connectivity index (χ0n) is 51.6. The van der Waals surface area contributed by atoms with E-state index in [2.05, 4.69) is 121 Å². The summed E-state index contributed by atoms with van der Waals surface area (Å²) in [5.74, 6) is 0.240. The van der Waals surface area contributed by atoms with E-state index in [9.17, 15) is 14.4 Å². The SMILES string of the molecule is CCCCCCCCC(CCCCCC)CC(=O)N(C)CC(=O)OCCCCCC(CCCCCOC(=O)C(CCCCCC)CCCCCCCC)N(C)CCCCO[Si](c1ccccc1)(c1ccccc1)C(C)(C)C. The molecular formula is C68H120N2O6Si. The Morgan fingerprint density at radius 2 is 0.883 bits per heavy atom. The molecule has 3 atom stereocenters. The van der Waals surface area contributed by atoms with Gasteiger partial charge >= 0.3 is 11.9 Å². The molecule has 0 N–H and O–H groups in total. The highest BCUT2D eigenvalue weighted by atomic mass is 28.4. The predicted molar refractivity (Wildman–Crippen MR) is 331 cm³/mol. The Labute approximate surface area is 476 Å². The molecule has 442 valence electrons. The molecule has 1 amide bonds. The summed E-state index contributed by atoms with van der Waals surface area (Å²) in [5.41, 5.74) is 0. The Balaban J connectivity index is 1.97. The number of amides is 1. The van der Waals surface area contributed by atoms with Crippen molar-refractivity contribution in [3.63, 3.8) is 0 Å². The van der Waals surface area contributed by atoms with Crippen molar-refractivity contribution in [3.05, 3.63) is 60.7 Å². The van der Waals surface area contributed by atoms with E-state index in [1.165, 1.54) is 126 Å². The standard InChI is InChI=1S/C68H120N2O6Si/c1-10-14-18-22-24-31-45-60(44-30-20-16-12-3)58-65(71)70(9)59-66(72)74-55-41-28-34-48-62(49-35-29-42-56-75-67(73)61(46-32-21-17-13-4)47-33-25-23-19-15-11-2)69(8)54-40-43-57-76-77(68(5,6)7,63-50-36-26-37-51-63)64-52-38-27-39-53-64/h26-27,36-39,50-53,60-62H,10-25,28-35,40-49,54-59H2,1-9H3. The van der Waals surface area contributed by atoms with Crippen LogP contribution in [0, 0.1) is 11.8 Å². The van der Waals surface area contributed by atoms with Crippen LogP contribution in [0.15, 0.2) is 60.7 Å². The van der Waals surface area contributed by atoms with E-state index in [4.69, 9.17) is 13.9 Å². The van der Waals surface area contributed by atoms with Crippen LogP contribution < -0.4 is 10.4 Å². The lowest BCUT2D eigenvalue weighted by atomic mass is 9.91. The van der Waals surface area contributed by atoms with Crippen molar-refractivity contribution in [2.45, 2.75) is 284 Å². The fourth-order valence-corrected chi connectivity index (χ4v) is 16.1. The molecule has 2 aromatic rings. The number of ether oxygens (including phenoxy) is 2. The van der Waals surface area contributed by atoms with Gasteiger partial charge in [0.2, 0.25) is 5.91 Å². The fourth-order valence-electron chi connectivity index (χ4n) is 11.5. The van der Waals surface area contributed by atoms with Crippen LogP contribution in [-0.2, 0) is 28.3 Å². The van der Waals surface area contributed by atoms with Crippen LogP contribution in [0.1, 0.15) is 273 Å². The van der Waals surface area contributed by atoms with Crippen molar-refractivity contribution in [2.75, 3.05) is 47.0 Å². The molecule has 0 aliphatic rings. The summed E-state index contributed by atoms with van der Waals surface area (Å²) >= 11 is 0. The summed E-state index contributed by atoms with van der Waals surface area (Å²) in [5, 5.41) is 2.60. The molecule has 0 aromatic heterocycles. The Morgan fingerprint density at radius 1 is 0.481 bits per heavy atom. The van der Waals surface area contributed by atoms with Crippen molar-refractivity contribution in [3.8, 4) is 0 Å². The lowest BCUT2D eigenvalue weighted by Gasteiger charge is -2.43. The molecule has 3 unspecified atom stereocenters. The molecule has 8 nitrogen and oxygen atoms in total. The van der Waals surface area contributed by atoms with Crippen molar-refractivity contribution in [2.24, 2.45) is 11.8 Å². The molecule has 0 bridgehead atoms. The van der Waals surface area contributed by atoms with Crippen LogP contribution >= 0.6 is 0 Å². The highest BCUT2D eigenvalue weighted by molar-refractivity contribution is 6.99. The summed E-state index contributed by atoms with van der Waals surface area (Å²) in [4.78, 5) is 43.8. The van der Waals surface area contributed by atoms with E-state index in [0.717, 1.165) is 116 Å². The Hall–Kier alpha value is -3.01. The molecule has 0 aliphatic carbocycles. The average molecular weight is 1090 g/mol. The summed E-state index contributed by atoms with van der Waals surface area (Å²) < 4.78 is 19.0. The number of esters is 2. The fraction of sp³-hybridized carbons (Fsp3) is 0.779. The Kier molecular flexibility index (Phi) is 40.7. The zero-order chi connectivity index (χ0) is 56.3. The van der Waals surface area contributed by atoms with Crippen LogP contribution in [0.5, 0.6) is 0 Å². The minimum atomic E-state index is -2.58. The van der Waals surface area contributed by atoms with E-state index >= 15 is 0 Å². The molecular weight excluding hydrogens is 969 g/mol. The van der Waals surface area contributed by atoms with Gasteiger partial charge in [0.25, 0.3) is 8.32 Å². The van der Waals surface area contributed by atoms with Gasteiger partial charge in [-0.25, -0.2) is 0 Å². The molecule has 0 aliphatic heterocycles. The lowest BCUT2D eigenvalue weighted by molar-refractivity contribution is -0.149. The second kappa shape index (κ2) is 44.7. The number of rotatable bonds is 50. The number of hydrogen-bond acceptors (Lipinski definition) is 7. The summed E-state index contributed by atoms with van der Waals surface area (Å²) in [6.45, 7) is 18.7. The van der Waals surface area contributed by atoms with Gasteiger partial charge in [-0.2, -0.15) is 0 Å². The van der Waals surface area contributed by atoms with Crippen molar-refractivity contribution in [1.82, 2.24) is 9.80 Å². The first kappa shape index (κ1) is 70.1. The predicted octanol–water partition coefficient (Wildman–Crippen LogP) is 17.4. The maximum Gasteiger partial charge on any atom is 0.325 e. The lowest BCUT2D eigenvalue weighted by Crippen LogP contribution is -2.66. The third kappa shape index (κ3) is 31.0. The van der Waals surface area contributed by atoms with Crippen molar-refractivity contribution in [1.29, 1.82) is 0 Å². The molecule has 2 rings (SSSR count). The van der Waals surface area contributed by atoms with E-state index in [1.807, 2.05) is 0 Å². The average Bonchev–Trinajstić information content (AvgIpc) is 3.45. The van der Waals surface area contributed by atoms with Gasteiger partial charge in [0, 0.05) is 26.1 Å². The Bertz CT molecular complexity index is 1680.